The zero-order valence-corrected chi connectivity index (χ0v) is 16.9. The molecule has 0 unspecified atom stereocenters. The molecule has 3 aromatic rings. The third kappa shape index (κ3) is 4.60. The van der Waals surface area contributed by atoms with Gasteiger partial charge in [-0.1, -0.05) is 48.5 Å². The molecule has 1 N–H and O–H groups in total. The molecule has 0 radical (unpaired) electrons. The first-order valence-electron chi connectivity index (χ1n) is 9.43. The Balaban J connectivity index is 1.85. The molecule has 146 valence electrons. The summed E-state index contributed by atoms with van der Waals surface area (Å²) >= 11 is 0. The van der Waals surface area contributed by atoms with Crippen molar-refractivity contribution in [1.29, 1.82) is 0 Å². The van der Waals surface area contributed by atoms with Gasteiger partial charge in [0.2, 0.25) is 11.8 Å². The number of hydrogen-bond acceptors (Lipinski definition) is 2. The van der Waals surface area contributed by atoms with Crippen molar-refractivity contribution in [2.75, 3.05) is 13.6 Å². The van der Waals surface area contributed by atoms with E-state index in [0.717, 1.165) is 22.2 Å². The Kier molecular flexibility index (Phi) is 5.54. The number of carbonyl (C=O) groups is 2. The number of carbonyl (C=O) groups excluding carboxylic acids is 2. The van der Waals surface area contributed by atoms with E-state index in [2.05, 4.69) is 11.4 Å². The molecule has 0 fully saturated rings. The Bertz CT molecular complexity index is 984. The van der Waals surface area contributed by atoms with Crippen molar-refractivity contribution < 1.29 is 9.59 Å². The van der Waals surface area contributed by atoms with Gasteiger partial charge in [0.05, 0.1) is 6.54 Å². The molecule has 5 nitrogen and oxygen atoms in total. The number of nitrogens with one attached hydrogen (secondary N) is 1. The fourth-order valence-electron chi connectivity index (χ4n) is 3.25. The molecular formula is C23H27N3O2. The molecule has 0 aliphatic carbocycles. The summed E-state index contributed by atoms with van der Waals surface area (Å²) in [6.45, 7) is 5.98. The van der Waals surface area contributed by atoms with Gasteiger partial charge in [-0.3, -0.25) is 9.59 Å². The van der Waals surface area contributed by atoms with Crippen LogP contribution in [0.15, 0.2) is 60.7 Å². The van der Waals surface area contributed by atoms with Gasteiger partial charge in [0.25, 0.3) is 0 Å². The average molecular weight is 377 g/mol. The number of rotatable bonds is 5. The van der Waals surface area contributed by atoms with Crippen LogP contribution >= 0.6 is 0 Å². The fraction of sp³-hybridized carbons (Fsp3) is 0.304. The SMILES string of the molecule is CN(CC(=O)NC(C)(C)C)C(=O)Cn1c(-c2ccccc2)cc2ccccc21. The molecule has 0 aliphatic heterocycles. The molecular weight excluding hydrogens is 350 g/mol. The topological polar surface area (TPSA) is 54.3 Å². The summed E-state index contributed by atoms with van der Waals surface area (Å²) in [6.07, 6.45) is 0. The highest BCUT2D eigenvalue weighted by Crippen LogP contribution is 2.28. The van der Waals surface area contributed by atoms with E-state index >= 15 is 0 Å². The van der Waals surface area contributed by atoms with Crippen molar-refractivity contribution in [1.82, 2.24) is 14.8 Å². The van der Waals surface area contributed by atoms with Gasteiger partial charge in [-0.25, -0.2) is 0 Å². The van der Waals surface area contributed by atoms with Gasteiger partial charge < -0.3 is 14.8 Å². The van der Waals surface area contributed by atoms with E-state index in [-0.39, 0.29) is 30.4 Å². The lowest BCUT2D eigenvalue weighted by molar-refractivity contribution is -0.135. The van der Waals surface area contributed by atoms with Gasteiger partial charge in [0.15, 0.2) is 0 Å². The molecule has 3 rings (SSSR count). The average Bonchev–Trinajstić information content (AvgIpc) is 2.99. The molecule has 2 amide bonds. The highest BCUT2D eigenvalue weighted by Gasteiger charge is 2.20. The Morgan fingerprint density at radius 1 is 1.00 bits per heavy atom. The van der Waals surface area contributed by atoms with Gasteiger partial charge in [0, 0.05) is 29.2 Å². The van der Waals surface area contributed by atoms with Gasteiger partial charge in [-0.05, 0) is 38.5 Å². The molecule has 0 spiro atoms. The molecule has 1 heterocycles. The van der Waals surface area contributed by atoms with Crippen molar-refractivity contribution in [3.05, 3.63) is 60.7 Å². The van der Waals surface area contributed by atoms with Gasteiger partial charge in [0.1, 0.15) is 6.54 Å². The van der Waals surface area contributed by atoms with Crippen LogP contribution in [-0.2, 0) is 16.1 Å². The maximum atomic E-state index is 12.9. The van der Waals surface area contributed by atoms with Crippen LogP contribution in [0, 0.1) is 0 Å². The van der Waals surface area contributed by atoms with E-state index in [9.17, 15) is 9.59 Å². The third-order valence-electron chi connectivity index (χ3n) is 4.49. The monoisotopic (exact) mass is 377 g/mol. The number of benzene rings is 2. The van der Waals surface area contributed by atoms with Crippen LogP contribution < -0.4 is 5.32 Å². The predicted molar refractivity (Wildman–Crippen MR) is 113 cm³/mol. The number of fused-ring (bicyclic) bond motifs is 1. The summed E-state index contributed by atoms with van der Waals surface area (Å²) in [6, 6.07) is 20.2. The van der Waals surface area contributed by atoms with Crippen LogP contribution in [0.4, 0.5) is 0 Å². The standard InChI is InChI=1S/C23H27N3O2/c1-23(2,3)24-21(27)15-25(4)22(28)16-26-19-13-9-8-12-18(19)14-20(26)17-10-6-5-7-11-17/h5-14H,15-16H2,1-4H3,(H,24,27). The highest BCUT2D eigenvalue weighted by atomic mass is 16.2. The normalized spacial score (nSPS) is 11.4. The molecule has 0 saturated carbocycles. The lowest BCUT2D eigenvalue weighted by atomic mass is 10.1. The van der Waals surface area contributed by atoms with Crippen molar-refractivity contribution >= 4 is 22.7 Å². The van der Waals surface area contributed by atoms with Crippen LogP contribution in [0.25, 0.3) is 22.2 Å². The highest BCUT2D eigenvalue weighted by molar-refractivity contribution is 5.90. The van der Waals surface area contributed by atoms with Crippen LogP contribution in [0.2, 0.25) is 0 Å². The summed E-state index contributed by atoms with van der Waals surface area (Å²) in [4.78, 5) is 26.5. The zero-order valence-electron chi connectivity index (χ0n) is 16.9. The van der Waals surface area contributed by atoms with Crippen LogP contribution in [0.3, 0.4) is 0 Å². The van der Waals surface area contributed by atoms with Crippen LogP contribution in [0.1, 0.15) is 20.8 Å². The van der Waals surface area contributed by atoms with E-state index in [1.54, 1.807) is 7.05 Å². The quantitative estimate of drug-likeness (QED) is 0.737. The van der Waals surface area contributed by atoms with E-state index in [1.807, 2.05) is 79.9 Å². The van der Waals surface area contributed by atoms with Crippen molar-refractivity contribution in [2.45, 2.75) is 32.9 Å². The number of nitrogens with zero attached hydrogens (tertiary/aromatic N) is 2. The summed E-state index contributed by atoms with van der Waals surface area (Å²) < 4.78 is 2.02. The lowest BCUT2D eigenvalue weighted by Gasteiger charge is -2.24. The molecule has 1 aromatic heterocycles. The maximum absolute atomic E-state index is 12.9. The molecule has 5 heteroatoms. The number of amides is 2. The van der Waals surface area contributed by atoms with E-state index in [4.69, 9.17) is 0 Å². The fourth-order valence-corrected chi connectivity index (χ4v) is 3.25. The van der Waals surface area contributed by atoms with Crippen molar-refractivity contribution in [3.8, 4) is 11.3 Å². The first-order chi connectivity index (χ1) is 13.2. The second-order valence-corrected chi connectivity index (χ2v) is 8.09. The van der Waals surface area contributed by atoms with Gasteiger partial charge in [-0.2, -0.15) is 0 Å². The second kappa shape index (κ2) is 7.89. The minimum absolute atomic E-state index is 0.0377. The number of hydrogen-bond donors (Lipinski definition) is 1. The molecule has 28 heavy (non-hydrogen) atoms. The Labute approximate surface area is 166 Å². The summed E-state index contributed by atoms with van der Waals surface area (Å²) in [5.74, 6) is -0.272. The Morgan fingerprint density at radius 2 is 1.64 bits per heavy atom. The molecule has 0 bridgehead atoms. The number of aromatic nitrogens is 1. The van der Waals surface area contributed by atoms with Crippen LogP contribution in [-0.4, -0.2) is 40.4 Å². The van der Waals surface area contributed by atoms with Crippen LogP contribution in [0.5, 0.6) is 0 Å². The Morgan fingerprint density at radius 3 is 2.32 bits per heavy atom. The minimum Gasteiger partial charge on any atom is -0.350 e. The zero-order chi connectivity index (χ0) is 20.3. The first-order valence-corrected chi connectivity index (χ1v) is 9.43. The minimum atomic E-state index is -0.321. The van der Waals surface area contributed by atoms with Crippen molar-refractivity contribution in [2.24, 2.45) is 0 Å². The van der Waals surface area contributed by atoms with Gasteiger partial charge >= 0.3 is 0 Å². The first kappa shape index (κ1) is 19.7. The molecule has 0 saturated heterocycles. The molecule has 0 aliphatic rings. The van der Waals surface area contributed by atoms with E-state index < -0.39 is 0 Å². The van der Waals surface area contributed by atoms with Crippen molar-refractivity contribution in [3.63, 3.8) is 0 Å². The Hall–Kier alpha value is -3.08. The smallest absolute Gasteiger partial charge is 0.242 e. The third-order valence-corrected chi connectivity index (χ3v) is 4.49. The molecule has 2 aromatic carbocycles. The summed E-state index contributed by atoms with van der Waals surface area (Å²) in [5.41, 5.74) is 2.72. The summed E-state index contributed by atoms with van der Waals surface area (Å²) in [7, 11) is 1.67. The lowest BCUT2D eigenvalue weighted by Crippen LogP contribution is -2.46. The maximum Gasteiger partial charge on any atom is 0.242 e. The summed E-state index contributed by atoms with van der Waals surface area (Å²) in [5, 5.41) is 3.98. The van der Waals surface area contributed by atoms with Gasteiger partial charge in [-0.15, -0.1) is 0 Å². The second-order valence-electron chi connectivity index (χ2n) is 8.09. The molecule has 0 atom stereocenters. The van der Waals surface area contributed by atoms with E-state index in [0.29, 0.717) is 0 Å². The number of para-hydroxylation sites is 1. The number of likely N-dealkylation sites (N-methyl/N-ethyl adjacent to an activating group) is 1. The largest absolute Gasteiger partial charge is 0.350 e. The van der Waals surface area contributed by atoms with E-state index in [1.165, 1.54) is 4.90 Å². The predicted octanol–water partition coefficient (Wildman–Crippen LogP) is 3.68.